The Labute approximate surface area is 161 Å². The average Bonchev–Trinajstić information content (AvgIpc) is 2.79. The number of carbonyl (C=O) groups excluding carboxylic acids is 2. The summed E-state index contributed by atoms with van der Waals surface area (Å²) in [5.74, 6) is 0.0664. The maximum Gasteiger partial charge on any atom is 0.261 e. The number of anilines is 2. The summed E-state index contributed by atoms with van der Waals surface area (Å²) in [5, 5.41) is 3.31. The number of nitrogens with one attached hydrogen (secondary N) is 1. The Morgan fingerprint density at radius 1 is 1.14 bits per heavy atom. The summed E-state index contributed by atoms with van der Waals surface area (Å²) in [6.45, 7) is 3.40. The van der Waals surface area contributed by atoms with E-state index in [0.29, 0.717) is 28.1 Å². The number of hydrogen-bond donors (Lipinski definition) is 1. The second-order valence-electron chi connectivity index (χ2n) is 6.95. The summed E-state index contributed by atoms with van der Waals surface area (Å²) >= 11 is 0. The zero-order valence-corrected chi connectivity index (χ0v) is 15.7. The number of carbonyl (C=O) groups is 2. The highest BCUT2D eigenvalue weighted by atomic mass is 16.2. The van der Waals surface area contributed by atoms with Crippen LogP contribution < -0.4 is 15.8 Å². The topological polar surface area (TPSA) is 84.3 Å². The lowest BCUT2D eigenvalue weighted by Crippen LogP contribution is -2.43. The van der Waals surface area contributed by atoms with Crippen LogP contribution in [0.15, 0.2) is 53.3 Å². The molecule has 0 saturated carbocycles. The first kappa shape index (κ1) is 17.9. The highest BCUT2D eigenvalue weighted by molar-refractivity contribution is 6.04. The van der Waals surface area contributed by atoms with Gasteiger partial charge in [0.1, 0.15) is 12.4 Å². The molecule has 4 rings (SSSR count). The summed E-state index contributed by atoms with van der Waals surface area (Å²) < 4.78 is 1.39. The van der Waals surface area contributed by atoms with Gasteiger partial charge in [0.05, 0.1) is 22.3 Å². The smallest absolute Gasteiger partial charge is 0.261 e. The van der Waals surface area contributed by atoms with Crippen LogP contribution in [0.25, 0.3) is 10.9 Å². The van der Waals surface area contributed by atoms with Gasteiger partial charge in [-0.1, -0.05) is 24.3 Å². The Kier molecular flexibility index (Phi) is 4.43. The van der Waals surface area contributed by atoms with Crippen molar-refractivity contribution in [3.8, 4) is 0 Å². The molecule has 0 unspecified atom stereocenters. The lowest BCUT2D eigenvalue weighted by molar-refractivity contribution is -0.120. The van der Waals surface area contributed by atoms with Crippen LogP contribution in [0.2, 0.25) is 0 Å². The van der Waals surface area contributed by atoms with Gasteiger partial charge in [-0.2, -0.15) is 0 Å². The molecule has 1 N–H and O–H groups in total. The number of aryl methyl sites for hydroxylation is 1. The summed E-state index contributed by atoms with van der Waals surface area (Å²) in [7, 11) is 0. The minimum absolute atomic E-state index is 0.143. The van der Waals surface area contributed by atoms with Crippen molar-refractivity contribution in [2.45, 2.75) is 32.9 Å². The summed E-state index contributed by atoms with van der Waals surface area (Å²) in [6, 6.07) is 13.9. The van der Waals surface area contributed by atoms with E-state index in [1.807, 2.05) is 19.1 Å². The van der Waals surface area contributed by atoms with Crippen molar-refractivity contribution in [1.82, 2.24) is 9.55 Å². The first-order chi connectivity index (χ1) is 13.5. The third-order valence-electron chi connectivity index (χ3n) is 4.97. The lowest BCUT2D eigenvalue weighted by Gasteiger charge is -2.28. The second-order valence-corrected chi connectivity index (χ2v) is 6.95. The highest BCUT2D eigenvalue weighted by Crippen LogP contribution is 2.31. The third kappa shape index (κ3) is 3.05. The molecule has 142 valence electrons. The maximum atomic E-state index is 13.2. The van der Waals surface area contributed by atoms with Crippen molar-refractivity contribution >= 4 is 34.1 Å². The molecule has 1 aliphatic heterocycles. The van der Waals surface area contributed by atoms with Gasteiger partial charge in [0.2, 0.25) is 11.8 Å². The molecule has 28 heavy (non-hydrogen) atoms. The van der Waals surface area contributed by atoms with Crippen molar-refractivity contribution in [2.24, 2.45) is 0 Å². The number of nitrogens with zero attached hydrogens (tertiary/aromatic N) is 3. The molecule has 0 radical (unpaired) electrons. The average molecular weight is 376 g/mol. The van der Waals surface area contributed by atoms with Gasteiger partial charge in [-0.25, -0.2) is 4.98 Å². The van der Waals surface area contributed by atoms with Crippen LogP contribution >= 0.6 is 0 Å². The third-order valence-corrected chi connectivity index (χ3v) is 4.97. The summed E-state index contributed by atoms with van der Waals surface area (Å²) in [6.07, 6.45) is 0.185. The van der Waals surface area contributed by atoms with E-state index in [2.05, 4.69) is 10.3 Å². The molecule has 0 saturated heterocycles. The monoisotopic (exact) mass is 376 g/mol. The number of amides is 2. The Hall–Kier alpha value is -3.48. The fourth-order valence-corrected chi connectivity index (χ4v) is 3.64. The zero-order valence-electron chi connectivity index (χ0n) is 15.7. The molecule has 0 fully saturated rings. The van der Waals surface area contributed by atoms with E-state index in [-0.39, 0.29) is 36.4 Å². The van der Waals surface area contributed by atoms with Crippen LogP contribution in [0.1, 0.15) is 19.2 Å². The first-order valence-electron chi connectivity index (χ1n) is 9.13. The number of aromatic nitrogens is 2. The van der Waals surface area contributed by atoms with E-state index in [9.17, 15) is 14.4 Å². The van der Waals surface area contributed by atoms with Crippen LogP contribution in [0.5, 0.6) is 0 Å². The van der Waals surface area contributed by atoms with Crippen molar-refractivity contribution < 1.29 is 9.59 Å². The molecule has 7 nitrogen and oxygen atoms in total. The Bertz CT molecular complexity index is 1150. The number of fused-ring (bicyclic) bond motifs is 2. The highest BCUT2D eigenvalue weighted by Gasteiger charge is 2.30. The van der Waals surface area contributed by atoms with Crippen molar-refractivity contribution in [3.05, 3.63) is 64.7 Å². The molecule has 3 aromatic rings. The molecule has 2 aromatic carbocycles. The van der Waals surface area contributed by atoms with Crippen LogP contribution in [0.3, 0.4) is 0 Å². The van der Waals surface area contributed by atoms with Gasteiger partial charge in [-0.3, -0.25) is 19.0 Å². The molecule has 1 aliphatic rings. The van der Waals surface area contributed by atoms with Gasteiger partial charge in [0, 0.05) is 12.5 Å². The molecular weight excluding hydrogens is 356 g/mol. The van der Waals surface area contributed by atoms with Gasteiger partial charge in [-0.15, -0.1) is 0 Å². The van der Waals surface area contributed by atoms with Crippen LogP contribution in [-0.2, 0) is 16.1 Å². The van der Waals surface area contributed by atoms with Crippen LogP contribution in [0.4, 0.5) is 11.4 Å². The van der Waals surface area contributed by atoms with E-state index in [0.717, 1.165) is 0 Å². The standard InChI is InChI=1S/C21H20N4O3/c1-13-11-19(26)23-17-9-5-6-10-18(17)25(13)20(27)12-24-14(2)22-16-8-4-3-7-15(16)21(24)28/h3-10,13H,11-12H2,1-2H3,(H,23,26)/t13-/m0/s1. The molecule has 1 atom stereocenters. The molecule has 0 spiro atoms. The van der Waals surface area contributed by atoms with E-state index >= 15 is 0 Å². The van der Waals surface area contributed by atoms with E-state index in [1.54, 1.807) is 48.2 Å². The normalized spacial score (nSPS) is 16.4. The predicted molar refractivity (Wildman–Crippen MR) is 107 cm³/mol. The van der Waals surface area contributed by atoms with Crippen LogP contribution in [-0.4, -0.2) is 27.4 Å². The quantitative estimate of drug-likeness (QED) is 0.745. The van der Waals surface area contributed by atoms with Crippen LogP contribution in [0, 0.1) is 6.92 Å². The fourth-order valence-electron chi connectivity index (χ4n) is 3.64. The molecule has 2 heterocycles. The molecule has 0 aliphatic carbocycles. The minimum atomic E-state index is -0.333. The Morgan fingerprint density at radius 3 is 2.68 bits per heavy atom. The lowest BCUT2D eigenvalue weighted by atomic mass is 10.1. The summed E-state index contributed by atoms with van der Waals surface area (Å²) in [5.41, 5.74) is 1.58. The molecule has 0 bridgehead atoms. The molecule has 7 heteroatoms. The van der Waals surface area contributed by atoms with Gasteiger partial charge in [0.25, 0.3) is 5.56 Å². The van der Waals surface area contributed by atoms with Gasteiger partial charge in [-0.05, 0) is 38.1 Å². The van der Waals surface area contributed by atoms with Crippen molar-refractivity contribution in [2.75, 3.05) is 10.2 Å². The number of hydrogen-bond acceptors (Lipinski definition) is 4. The van der Waals surface area contributed by atoms with E-state index in [1.165, 1.54) is 4.57 Å². The molecule has 2 amide bonds. The van der Waals surface area contributed by atoms with Gasteiger partial charge >= 0.3 is 0 Å². The SMILES string of the molecule is Cc1nc2ccccc2c(=O)n1CC(=O)N1c2ccccc2NC(=O)C[C@@H]1C. The zero-order chi connectivity index (χ0) is 19.8. The Balaban J connectivity index is 1.75. The number of benzene rings is 2. The second kappa shape index (κ2) is 6.92. The van der Waals surface area contributed by atoms with Gasteiger partial charge in [0.15, 0.2) is 0 Å². The minimum Gasteiger partial charge on any atom is -0.324 e. The summed E-state index contributed by atoms with van der Waals surface area (Å²) in [4.78, 5) is 44.3. The van der Waals surface area contributed by atoms with E-state index < -0.39 is 0 Å². The molecular formula is C21H20N4O3. The van der Waals surface area contributed by atoms with Gasteiger partial charge < -0.3 is 10.2 Å². The Morgan fingerprint density at radius 2 is 1.86 bits per heavy atom. The predicted octanol–water partition coefficient (Wildman–Crippen LogP) is 2.47. The maximum absolute atomic E-state index is 13.2. The van der Waals surface area contributed by atoms with E-state index in [4.69, 9.17) is 0 Å². The van der Waals surface area contributed by atoms with Crippen molar-refractivity contribution in [3.63, 3.8) is 0 Å². The first-order valence-corrected chi connectivity index (χ1v) is 9.13. The number of rotatable bonds is 2. The number of para-hydroxylation sites is 3. The largest absolute Gasteiger partial charge is 0.324 e. The van der Waals surface area contributed by atoms with Crippen molar-refractivity contribution in [1.29, 1.82) is 0 Å². The fraction of sp³-hybridized carbons (Fsp3) is 0.238. The molecule has 1 aromatic heterocycles.